The molecule has 74 valence electrons. The van der Waals surface area contributed by atoms with Gasteiger partial charge in [-0.3, -0.25) is 0 Å². The molecule has 1 saturated heterocycles. The lowest BCUT2D eigenvalue weighted by Crippen LogP contribution is -2.42. The minimum absolute atomic E-state index is 0.860. The maximum atomic E-state index is 3.36. The van der Waals surface area contributed by atoms with Gasteiger partial charge in [-0.2, -0.15) is 0 Å². The Kier molecular flexibility index (Phi) is 2.06. The van der Waals surface area contributed by atoms with Crippen LogP contribution in [-0.2, 0) is 6.42 Å². The SMILES string of the molecule is c1ccc2c(c1)CCC2CC1CNC1. The molecule has 1 aromatic rings. The third-order valence-corrected chi connectivity index (χ3v) is 3.74. The molecule has 0 amide bonds. The van der Waals surface area contributed by atoms with Gasteiger partial charge >= 0.3 is 0 Å². The van der Waals surface area contributed by atoms with Gasteiger partial charge in [0.05, 0.1) is 0 Å². The van der Waals surface area contributed by atoms with Crippen molar-refractivity contribution >= 4 is 0 Å². The highest BCUT2D eigenvalue weighted by Crippen LogP contribution is 2.37. The van der Waals surface area contributed by atoms with Gasteiger partial charge in [-0.15, -0.1) is 0 Å². The Morgan fingerprint density at radius 1 is 1.21 bits per heavy atom. The van der Waals surface area contributed by atoms with Crippen molar-refractivity contribution in [2.24, 2.45) is 5.92 Å². The average molecular weight is 187 g/mol. The normalized spacial score (nSPS) is 25.9. The van der Waals surface area contributed by atoms with E-state index < -0.39 is 0 Å². The fraction of sp³-hybridized carbons (Fsp3) is 0.538. The Bertz CT molecular complexity index is 328. The third kappa shape index (κ3) is 1.36. The first kappa shape index (κ1) is 8.49. The van der Waals surface area contributed by atoms with Crippen molar-refractivity contribution in [2.45, 2.75) is 25.2 Å². The average Bonchev–Trinajstić information content (AvgIpc) is 2.55. The van der Waals surface area contributed by atoms with Gasteiger partial charge in [-0.25, -0.2) is 0 Å². The molecule has 14 heavy (non-hydrogen) atoms. The van der Waals surface area contributed by atoms with Crippen molar-refractivity contribution in [1.82, 2.24) is 5.32 Å². The van der Waals surface area contributed by atoms with Crippen molar-refractivity contribution in [1.29, 1.82) is 0 Å². The third-order valence-electron chi connectivity index (χ3n) is 3.74. The van der Waals surface area contributed by atoms with Gasteiger partial charge in [-0.1, -0.05) is 24.3 Å². The summed E-state index contributed by atoms with van der Waals surface area (Å²) >= 11 is 0. The second-order valence-electron chi connectivity index (χ2n) is 4.69. The minimum Gasteiger partial charge on any atom is -0.316 e. The summed E-state index contributed by atoms with van der Waals surface area (Å²) in [5, 5.41) is 3.36. The van der Waals surface area contributed by atoms with E-state index in [-0.39, 0.29) is 0 Å². The van der Waals surface area contributed by atoms with Gasteiger partial charge in [0.2, 0.25) is 0 Å². The molecule has 0 aromatic heterocycles. The summed E-state index contributed by atoms with van der Waals surface area (Å²) < 4.78 is 0. The molecule has 1 heterocycles. The summed E-state index contributed by atoms with van der Waals surface area (Å²) in [6, 6.07) is 9.00. The van der Waals surface area contributed by atoms with Gasteiger partial charge in [0.15, 0.2) is 0 Å². The van der Waals surface area contributed by atoms with Crippen LogP contribution in [0.25, 0.3) is 0 Å². The van der Waals surface area contributed by atoms with Crippen molar-refractivity contribution in [2.75, 3.05) is 13.1 Å². The second-order valence-corrected chi connectivity index (χ2v) is 4.69. The van der Waals surface area contributed by atoms with Crippen molar-refractivity contribution in [3.8, 4) is 0 Å². The molecule has 0 bridgehead atoms. The van der Waals surface area contributed by atoms with Crippen LogP contribution in [0.1, 0.15) is 29.9 Å². The van der Waals surface area contributed by atoms with E-state index in [1.165, 1.54) is 32.4 Å². The van der Waals surface area contributed by atoms with Crippen LogP contribution in [0.4, 0.5) is 0 Å². The zero-order valence-corrected chi connectivity index (χ0v) is 8.50. The van der Waals surface area contributed by atoms with E-state index >= 15 is 0 Å². The van der Waals surface area contributed by atoms with E-state index in [2.05, 4.69) is 29.6 Å². The van der Waals surface area contributed by atoms with Crippen LogP contribution < -0.4 is 5.32 Å². The summed E-state index contributed by atoms with van der Waals surface area (Å²) in [7, 11) is 0. The van der Waals surface area contributed by atoms with Crippen LogP contribution in [0, 0.1) is 5.92 Å². The minimum atomic E-state index is 0.860. The predicted octanol–water partition coefficient (Wildman–Crippen LogP) is 2.33. The van der Waals surface area contributed by atoms with Crippen LogP contribution >= 0.6 is 0 Å². The molecule has 1 aliphatic carbocycles. The number of hydrogen-bond donors (Lipinski definition) is 1. The van der Waals surface area contributed by atoms with E-state index in [0.717, 1.165) is 11.8 Å². The van der Waals surface area contributed by atoms with E-state index in [1.807, 2.05) is 0 Å². The Morgan fingerprint density at radius 2 is 2.07 bits per heavy atom. The first-order valence-corrected chi connectivity index (χ1v) is 5.72. The zero-order valence-electron chi connectivity index (χ0n) is 8.50. The molecule has 0 radical (unpaired) electrons. The van der Waals surface area contributed by atoms with Crippen molar-refractivity contribution in [3.05, 3.63) is 35.4 Å². The van der Waals surface area contributed by atoms with E-state index in [9.17, 15) is 0 Å². The lowest BCUT2D eigenvalue weighted by molar-refractivity contribution is 0.304. The van der Waals surface area contributed by atoms with E-state index in [0.29, 0.717) is 0 Å². The van der Waals surface area contributed by atoms with Crippen LogP contribution in [0.5, 0.6) is 0 Å². The van der Waals surface area contributed by atoms with Crippen molar-refractivity contribution < 1.29 is 0 Å². The maximum absolute atomic E-state index is 3.36. The Labute approximate surface area is 85.5 Å². The van der Waals surface area contributed by atoms with E-state index in [4.69, 9.17) is 0 Å². The molecule has 1 atom stereocenters. The van der Waals surface area contributed by atoms with Gasteiger partial charge < -0.3 is 5.32 Å². The highest BCUT2D eigenvalue weighted by atomic mass is 14.9. The van der Waals surface area contributed by atoms with Crippen LogP contribution in [-0.4, -0.2) is 13.1 Å². The van der Waals surface area contributed by atoms with Gasteiger partial charge in [-0.05, 0) is 55.3 Å². The van der Waals surface area contributed by atoms with Crippen LogP contribution in [0.15, 0.2) is 24.3 Å². The second kappa shape index (κ2) is 3.39. The quantitative estimate of drug-likeness (QED) is 0.749. The lowest BCUT2D eigenvalue weighted by atomic mass is 9.87. The number of fused-ring (bicyclic) bond motifs is 1. The Morgan fingerprint density at radius 3 is 2.86 bits per heavy atom. The Hall–Kier alpha value is -0.820. The van der Waals surface area contributed by atoms with Gasteiger partial charge in [0.25, 0.3) is 0 Å². The maximum Gasteiger partial charge on any atom is -0.000804 e. The molecule has 1 fully saturated rings. The lowest BCUT2D eigenvalue weighted by Gasteiger charge is -2.29. The summed E-state index contributed by atoms with van der Waals surface area (Å²) in [4.78, 5) is 0. The molecule has 1 aromatic carbocycles. The van der Waals surface area contributed by atoms with E-state index in [1.54, 1.807) is 11.1 Å². The largest absolute Gasteiger partial charge is 0.316 e. The number of aryl methyl sites for hydroxylation is 1. The fourth-order valence-electron chi connectivity index (χ4n) is 2.81. The molecular weight excluding hydrogens is 170 g/mol. The fourth-order valence-corrected chi connectivity index (χ4v) is 2.81. The molecule has 1 aliphatic heterocycles. The molecule has 3 rings (SSSR count). The molecule has 2 aliphatic rings. The summed E-state index contributed by atoms with van der Waals surface area (Å²) in [5.74, 6) is 1.81. The highest BCUT2D eigenvalue weighted by Gasteiger charge is 2.27. The highest BCUT2D eigenvalue weighted by molar-refractivity contribution is 5.34. The van der Waals surface area contributed by atoms with Crippen molar-refractivity contribution in [3.63, 3.8) is 0 Å². The van der Waals surface area contributed by atoms with Crippen LogP contribution in [0.3, 0.4) is 0 Å². The molecule has 1 N–H and O–H groups in total. The number of nitrogens with one attached hydrogen (secondary N) is 1. The first-order valence-electron chi connectivity index (χ1n) is 5.72. The topological polar surface area (TPSA) is 12.0 Å². The zero-order chi connectivity index (χ0) is 9.38. The smallest absolute Gasteiger partial charge is 0.000804 e. The summed E-state index contributed by atoms with van der Waals surface area (Å²) in [6.07, 6.45) is 4.10. The number of hydrogen-bond acceptors (Lipinski definition) is 1. The molecular formula is C13H17N. The van der Waals surface area contributed by atoms with Gasteiger partial charge in [0, 0.05) is 0 Å². The summed E-state index contributed by atoms with van der Waals surface area (Å²) in [6.45, 7) is 2.50. The van der Waals surface area contributed by atoms with Crippen LogP contribution in [0.2, 0.25) is 0 Å². The molecule has 1 heteroatoms. The standard InChI is InChI=1S/C13H17N/c1-2-4-13-11(3-1)5-6-12(13)7-10-8-14-9-10/h1-4,10,12,14H,5-9H2. The molecule has 0 spiro atoms. The molecule has 0 saturated carbocycles. The van der Waals surface area contributed by atoms with Gasteiger partial charge in [0.1, 0.15) is 0 Å². The Balaban J connectivity index is 1.76. The monoisotopic (exact) mass is 187 g/mol. The summed E-state index contributed by atoms with van der Waals surface area (Å²) in [5.41, 5.74) is 3.24. The first-order chi connectivity index (χ1) is 6.93. The molecule has 1 unspecified atom stereocenters. The number of benzene rings is 1. The number of rotatable bonds is 2. The molecule has 1 nitrogen and oxygen atoms in total. The predicted molar refractivity (Wildman–Crippen MR) is 58.5 cm³/mol.